The fourth-order valence-electron chi connectivity index (χ4n) is 4.25. The summed E-state index contributed by atoms with van der Waals surface area (Å²) in [6, 6.07) is -0.595. The Bertz CT molecular complexity index is 472. The molecule has 0 aliphatic rings. The molecule has 236 valence electrons. The van der Waals surface area contributed by atoms with Crippen molar-refractivity contribution in [2.24, 2.45) is 0 Å². The second kappa shape index (κ2) is 23.0. The van der Waals surface area contributed by atoms with Gasteiger partial charge in [0.1, 0.15) is 0 Å². The van der Waals surface area contributed by atoms with Crippen LogP contribution in [0.25, 0.3) is 0 Å². The van der Waals surface area contributed by atoms with Gasteiger partial charge in [0.25, 0.3) is 0 Å². The minimum atomic E-state index is -0.280. The lowest BCUT2D eigenvalue weighted by molar-refractivity contribution is -0.0303. The van der Waals surface area contributed by atoms with E-state index in [4.69, 9.17) is 4.74 Å². The van der Waals surface area contributed by atoms with Gasteiger partial charge in [-0.05, 0) is 27.7 Å². The van der Waals surface area contributed by atoms with Gasteiger partial charge in [-0.1, -0.05) is 0 Å². The van der Waals surface area contributed by atoms with Gasteiger partial charge >= 0.3 is 0 Å². The second-order valence-corrected chi connectivity index (χ2v) is 10.0. The topological polar surface area (TPSA) is 191 Å². The lowest BCUT2D eigenvalue weighted by Crippen LogP contribution is -2.49. The van der Waals surface area contributed by atoms with Gasteiger partial charge in [0.2, 0.25) is 0 Å². The zero-order chi connectivity index (χ0) is 29.8. The predicted molar refractivity (Wildman–Crippen MR) is 146 cm³/mol. The molecule has 4 unspecified atom stereocenters. The molecule has 15 nitrogen and oxygen atoms in total. The largest absolute Gasteiger partial charge is 0.381 e. The van der Waals surface area contributed by atoms with Gasteiger partial charge in [0.15, 0.2) is 0 Å². The highest BCUT2D eigenvalue weighted by Crippen LogP contribution is 2.07. The minimum Gasteiger partial charge on any atom is -0.381 e. The number of ether oxygens (including phenoxy) is 1. The summed E-state index contributed by atoms with van der Waals surface area (Å²) in [7, 11) is 0. The van der Waals surface area contributed by atoms with Crippen molar-refractivity contribution in [3.63, 3.8) is 0 Å². The highest BCUT2D eigenvalue weighted by atomic mass is 16.5. The van der Waals surface area contributed by atoms with Crippen LogP contribution in [0.1, 0.15) is 27.7 Å². The number of hydrogen-bond donors (Lipinski definition) is 8. The van der Waals surface area contributed by atoms with E-state index >= 15 is 0 Å². The molecule has 0 saturated heterocycles. The number of rotatable bonds is 26. The minimum absolute atomic E-state index is 0.149. The van der Waals surface area contributed by atoms with Crippen molar-refractivity contribution in [2.45, 2.75) is 51.9 Å². The molecule has 0 saturated carbocycles. The first-order valence-corrected chi connectivity index (χ1v) is 13.5. The average molecular weight is 573 g/mol. The Balaban J connectivity index is 5.13. The van der Waals surface area contributed by atoms with Crippen molar-refractivity contribution < 1.29 is 45.6 Å². The quantitative estimate of drug-likeness (QED) is 0.0369. The van der Waals surface area contributed by atoms with E-state index < -0.39 is 0 Å². The molecule has 0 aromatic carbocycles. The van der Waals surface area contributed by atoms with Crippen molar-refractivity contribution in [3.8, 4) is 0 Å². The van der Waals surface area contributed by atoms with Crippen molar-refractivity contribution in [1.82, 2.24) is 29.4 Å². The molecule has 0 fully saturated rings. The van der Waals surface area contributed by atoms with Crippen LogP contribution in [0.2, 0.25) is 0 Å². The Labute approximate surface area is 233 Å². The van der Waals surface area contributed by atoms with Gasteiger partial charge in [-0.25, -0.2) is 0 Å². The fraction of sp³-hybridized carbons (Fsp3) is 1.00. The average Bonchev–Trinajstić information content (AvgIpc) is 2.91. The van der Waals surface area contributed by atoms with E-state index in [0.29, 0.717) is 52.5 Å². The van der Waals surface area contributed by atoms with Gasteiger partial charge in [0, 0.05) is 63.4 Å². The summed E-state index contributed by atoms with van der Waals surface area (Å²) in [6.07, 6.45) is 0. The molecular formula is C24H56N6O9. The van der Waals surface area contributed by atoms with E-state index in [1.54, 1.807) is 0 Å². The van der Waals surface area contributed by atoms with Crippen LogP contribution >= 0.6 is 0 Å². The molecule has 0 amide bonds. The van der Waals surface area contributed by atoms with Gasteiger partial charge in [-0.3, -0.25) is 29.4 Å². The fourth-order valence-corrected chi connectivity index (χ4v) is 4.25. The van der Waals surface area contributed by atoms with Crippen LogP contribution in [0.15, 0.2) is 0 Å². The molecular weight excluding hydrogens is 516 g/mol. The first-order valence-electron chi connectivity index (χ1n) is 13.5. The monoisotopic (exact) mass is 572 g/mol. The number of aliphatic hydroxyl groups is 8. The standard InChI is InChI=1S/C24H56N6O9/c1-21(27(13-31)14-32)9-25(10-22(2)28(15-33)16-34)5-7-39-8-6-26(11-23(3)29(17-35)18-36)12-24(4)30(19-37)20-38/h21-24,31-38H,5-20H2,1-4H3. The lowest BCUT2D eigenvalue weighted by atomic mass is 10.2. The molecule has 4 atom stereocenters. The first kappa shape index (κ1) is 38.4. The lowest BCUT2D eigenvalue weighted by Gasteiger charge is -2.35. The third-order valence-electron chi connectivity index (χ3n) is 7.14. The third-order valence-corrected chi connectivity index (χ3v) is 7.14. The van der Waals surface area contributed by atoms with Crippen LogP contribution in [-0.2, 0) is 4.74 Å². The van der Waals surface area contributed by atoms with Crippen molar-refractivity contribution in [2.75, 3.05) is 106 Å². The Morgan fingerprint density at radius 1 is 0.410 bits per heavy atom. The Kier molecular flexibility index (Phi) is 22.7. The number of nitrogens with zero attached hydrogens (tertiary/aromatic N) is 6. The van der Waals surface area contributed by atoms with Crippen LogP contribution < -0.4 is 0 Å². The van der Waals surface area contributed by atoms with Crippen LogP contribution in [0.4, 0.5) is 0 Å². The molecule has 0 bridgehead atoms. The smallest absolute Gasteiger partial charge is 0.0976 e. The van der Waals surface area contributed by atoms with E-state index in [2.05, 4.69) is 9.80 Å². The molecule has 8 N–H and O–H groups in total. The first-order chi connectivity index (χ1) is 18.6. The predicted octanol–water partition coefficient (Wildman–Crippen LogP) is -4.03. The summed E-state index contributed by atoms with van der Waals surface area (Å²) in [5.74, 6) is 0. The molecule has 0 aromatic heterocycles. The van der Waals surface area contributed by atoms with E-state index in [1.807, 2.05) is 27.7 Å². The maximum Gasteiger partial charge on any atom is 0.0976 e. The summed E-state index contributed by atoms with van der Waals surface area (Å²) >= 11 is 0. The normalized spacial score (nSPS) is 15.8. The summed E-state index contributed by atoms with van der Waals surface area (Å²) in [4.78, 5) is 10.2. The molecule has 0 radical (unpaired) electrons. The summed E-state index contributed by atoms with van der Waals surface area (Å²) in [5.41, 5.74) is 0. The van der Waals surface area contributed by atoms with Crippen molar-refractivity contribution in [1.29, 1.82) is 0 Å². The van der Waals surface area contributed by atoms with Crippen LogP contribution in [-0.4, -0.2) is 201 Å². The highest BCUT2D eigenvalue weighted by Gasteiger charge is 2.22. The van der Waals surface area contributed by atoms with Gasteiger partial charge < -0.3 is 45.6 Å². The Morgan fingerprint density at radius 3 is 0.795 bits per heavy atom. The molecule has 0 spiro atoms. The maximum absolute atomic E-state index is 9.49. The Hall–Kier alpha value is -0.600. The van der Waals surface area contributed by atoms with Gasteiger partial charge in [0.05, 0.1) is 67.1 Å². The summed E-state index contributed by atoms with van der Waals surface area (Å²) in [6.45, 7) is 9.32. The summed E-state index contributed by atoms with van der Waals surface area (Å²) < 4.78 is 5.94. The number of hydrogen-bond acceptors (Lipinski definition) is 15. The van der Waals surface area contributed by atoms with Gasteiger partial charge in [-0.15, -0.1) is 0 Å². The van der Waals surface area contributed by atoms with E-state index in [0.717, 1.165) is 0 Å². The van der Waals surface area contributed by atoms with Crippen molar-refractivity contribution in [3.05, 3.63) is 0 Å². The molecule has 0 heterocycles. The molecule has 0 rings (SSSR count). The zero-order valence-corrected chi connectivity index (χ0v) is 24.3. The van der Waals surface area contributed by atoms with E-state index in [1.165, 1.54) is 19.6 Å². The molecule has 0 aliphatic carbocycles. The van der Waals surface area contributed by atoms with Crippen LogP contribution in [0.5, 0.6) is 0 Å². The third kappa shape index (κ3) is 15.3. The SMILES string of the molecule is CC(CN(CCOCCN(CC(C)N(CO)CO)CC(C)N(CO)CO)CC(C)N(CO)CO)N(CO)CO. The van der Waals surface area contributed by atoms with Crippen LogP contribution in [0.3, 0.4) is 0 Å². The van der Waals surface area contributed by atoms with Crippen molar-refractivity contribution >= 4 is 0 Å². The maximum atomic E-state index is 9.49. The second-order valence-electron chi connectivity index (χ2n) is 10.0. The molecule has 0 aromatic rings. The number of aliphatic hydroxyl groups excluding tert-OH is 8. The molecule has 15 heteroatoms. The molecule has 39 heavy (non-hydrogen) atoms. The van der Waals surface area contributed by atoms with Gasteiger partial charge in [-0.2, -0.15) is 0 Å². The van der Waals surface area contributed by atoms with E-state index in [9.17, 15) is 40.9 Å². The highest BCUT2D eigenvalue weighted by molar-refractivity contribution is 4.76. The van der Waals surface area contributed by atoms with Crippen LogP contribution in [0, 0.1) is 0 Å². The van der Waals surface area contributed by atoms with E-state index in [-0.39, 0.29) is 78.0 Å². The Morgan fingerprint density at radius 2 is 0.615 bits per heavy atom. The summed E-state index contributed by atoms with van der Waals surface area (Å²) in [5, 5.41) is 75.9. The zero-order valence-electron chi connectivity index (χ0n) is 24.3. The molecule has 0 aliphatic heterocycles.